The Hall–Kier alpha value is -2.26. The molecule has 0 bridgehead atoms. The normalized spacial score (nSPS) is 16.6. The summed E-state index contributed by atoms with van der Waals surface area (Å²) in [6.45, 7) is 4.21. The number of hydrogen-bond donors (Lipinski definition) is 3. The first-order chi connectivity index (χ1) is 12.4. The molecule has 0 aromatic carbocycles. The van der Waals surface area contributed by atoms with Crippen LogP contribution in [-0.2, 0) is 17.6 Å². The minimum absolute atomic E-state index is 0.0254. The first-order valence-electron chi connectivity index (χ1n) is 8.32. The minimum Gasteiger partial charge on any atom is -0.494 e. The zero-order valence-corrected chi connectivity index (χ0v) is 16.1. The number of aromatic hydroxyl groups is 1. The van der Waals surface area contributed by atoms with E-state index in [9.17, 15) is 14.7 Å². The minimum atomic E-state index is -0.553. The van der Waals surface area contributed by atoms with Crippen molar-refractivity contribution in [1.29, 1.82) is 0 Å². The topological polar surface area (TPSA) is 108 Å². The number of carbonyl (C=O) groups is 1. The molecule has 2 heterocycles. The van der Waals surface area contributed by atoms with Gasteiger partial charge >= 0.3 is 5.97 Å². The van der Waals surface area contributed by atoms with Crippen molar-refractivity contribution < 1.29 is 14.6 Å². The summed E-state index contributed by atoms with van der Waals surface area (Å²) < 4.78 is 5.22. The number of aromatic amines is 2. The number of esters is 1. The van der Waals surface area contributed by atoms with Gasteiger partial charge in [-0.1, -0.05) is 6.92 Å². The van der Waals surface area contributed by atoms with Crippen LogP contribution in [0, 0.1) is 10.7 Å². The molecule has 0 saturated carbocycles. The fraction of sp³-hybridized carbons (Fsp3) is 0.412. The number of aliphatic imine (C=N–C) groups is 1. The second-order valence-corrected chi connectivity index (χ2v) is 7.67. The maximum atomic E-state index is 12.4. The van der Waals surface area contributed by atoms with Gasteiger partial charge in [-0.2, -0.15) is 0 Å². The summed E-state index contributed by atoms with van der Waals surface area (Å²) in [5.74, 6) is -0.221. The molecule has 0 unspecified atom stereocenters. The van der Waals surface area contributed by atoms with Crippen molar-refractivity contribution in [2.75, 3.05) is 6.61 Å². The fourth-order valence-electron chi connectivity index (χ4n) is 2.97. The van der Waals surface area contributed by atoms with Gasteiger partial charge in [-0.05, 0) is 49.9 Å². The van der Waals surface area contributed by atoms with Gasteiger partial charge in [0.15, 0.2) is 4.77 Å². The van der Waals surface area contributed by atoms with E-state index in [4.69, 9.17) is 17.0 Å². The van der Waals surface area contributed by atoms with Crippen molar-refractivity contribution in [2.45, 2.75) is 33.1 Å². The van der Waals surface area contributed by atoms with Gasteiger partial charge in [0.1, 0.15) is 10.6 Å². The Morgan fingerprint density at radius 1 is 1.50 bits per heavy atom. The molecule has 0 spiro atoms. The standard InChI is InChI=1S/C17H19N3O4S2/c1-3-24-16(23)12-9-5-4-8(2)6-11(9)26-15(12)18-7-10-13(21)19-17(25)20-14(10)22/h7-8H,3-6H2,1-2H3,(H3,19,20,21,22,25)/t8-/m1/s1. The first kappa shape index (κ1) is 18.5. The van der Waals surface area contributed by atoms with Crippen LogP contribution in [0.25, 0.3) is 0 Å². The van der Waals surface area contributed by atoms with Gasteiger partial charge in [-0.15, -0.1) is 11.3 Å². The molecule has 1 atom stereocenters. The van der Waals surface area contributed by atoms with E-state index >= 15 is 0 Å². The molecule has 0 aliphatic heterocycles. The van der Waals surface area contributed by atoms with E-state index in [1.165, 1.54) is 17.6 Å². The van der Waals surface area contributed by atoms with E-state index in [0.717, 1.165) is 29.7 Å². The molecule has 2 aromatic rings. The summed E-state index contributed by atoms with van der Waals surface area (Å²) >= 11 is 6.23. The fourth-order valence-corrected chi connectivity index (χ4v) is 4.50. The quantitative estimate of drug-likeness (QED) is 0.420. The Morgan fingerprint density at radius 2 is 2.27 bits per heavy atom. The highest BCUT2D eigenvalue weighted by Crippen LogP contribution is 2.41. The predicted octanol–water partition coefficient (Wildman–Crippen LogP) is 3.25. The molecule has 3 rings (SSSR count). The summed E-state index contributed by atoms with van der Waals surface area (Å²) in [5.41, 5.74) is 0.856. The van der Waals surface area contributed by atoms with Gasteiger partial charge in [0, 0.05) is 11.1 Å². The summed E-state index contributed by atoms with van der Waals surface area (Å²) in [6.07, 6.45) is 3.95. The van der Waals surface area contributed by atoms with E-state index in [1.54, 1.807) is 6.92 Å². The van der Waals surface area contributed by atoms with Crippen molar-refractivity contribution >= 4 is 40.7 Å². The number of carbonyl (C=O) groups excluding carboxylic acids is 1. The maximum absolute atomic E-state index is 12.4. The van der Waals surface area contributed by atoms with Crippen LogP contribution in [0.4, 0.5) is 5.00 Å². The molecular formula is C17H19N3O4S2. The number of fused-ring (bicyclic) bond motifs is 1. The van der Waals surface area contributed by atoms with Gasteiger partial charge in [-0.25, -0.2) is 9.79 Å². The Balaban J connectivity index is 2.06. The Bertz CT molecular complexity index is 987. The molecule has 7 nitrogen and oxygen atoms in total. The van der Waals surface area contributed by atoms with Gasteiger partial charge in [0.25, 0.3) is 5.56 Å². The van der Waals surface area contributed by atoms with Gasteiger partial charge in [0.2, 0.25) is 5.88 Å². The molecule has 0 fully saturated rings. The van der Waals surface area contributed by atoms with Gasteiger partial charge < -0.3 is 14.8 Å². The lowest BCUT2D eigenvalue weighted by molar-refractivity contribution is 0.0526. The lowest BCUT2D eigenvalue weighted by atomic mass is 9.88. The number of aromatic nitrogens is 2. The molecule has 1 aliphatic carbocycles. The molecule has 26 heavy (non-hydrogen) atoms. The third-order valence-corrected chi connectivity index (χ3v) is 5.61. The number of thiophene rings is 1. The van der Waals surface area contributed by atoms with E-state index in [-0.39, 0.29) is 22.8 Å². The Morgan fingerprint density at radius 3 is 2.96 bits per heavy atom. The largest absolute Gasteiger partial charge is 0.494 e. The number of ether oxygens (including phenoxy) is 1. The number of hydrogen-bond acceptors (Lipinski definition) is 7. The maximum Gasteiger partial charge on any atom is 0.341 e. The number of nitrogens with zero attached hydrogens (tertiary/aromatic N) is 1. The van der Waals surface area contributed by atoms with Crippen LogP contribution in [0.1, 0.15) is 46.6 Å². The van der Waals surface area contributed by atoms with E-state index < -0.39 is 11.5 Å². The SMILES string of the molecule is CCOC(=O)c1c(N=Cc2c(O)[nH]c(=S)[nH]c2=O)sc2c1CC[C@@H](C)C2. The molecule has 0 saturated heterocycles. The summed E-state index contributed by atoms with van der Waals surface area (Å²) in [7, 11) is 0. The Kier molecular flexibility index (Phi) is 5.38. The summed E-state index contributed by atoms with van der Waals surface area (Å²) in [5, 5.41) is 10.4. The van der Waals surface area contributed by atoms with Crippen molar-refractivity contribution in [1.82, 2.24) is 9.97 Å². The second kappa shape index (κ2) is 7.55. The van der Waals surface area contributed by atoms with Crippen molar-refractivity contribution in [2.24, 2.45) is 10.9 Å². The second-order valence-electron chi connectivity index (χ2n) is 6.18. The third-order valence-electron chi connectivity index (χ3n) is 4.24. The summed E-state index contributed by atoms with van der Waals surface area (Å²) in [6, 6.07) is 0. The monoisotopic (exact) mass is 393 g/mol. The highest BCUT2D eigenvalue weighted by molar-refractivity contribution is 7.71. The average Bonchev–Trinajstić information content (AvgIpc) is 2.91. The molecule has 9 heteroatoms. The van der Waals surface area contributed by atoms with Crippen LogP contribution in [0.5, 0.6) is 5.88 Å². The molecule has 0 radical (unpaired) electrons. The molecule has 138 valence electrons. The van der Waals surface area contributed by atoms with E-state index in [0.29, 0.717) is 16.5 Å². The molecule has 3 N–H and O–H groups in total. The zero-order chi connectivity index (χ0) is 18.8. The molecule has 0 amide bonds. The van der Waals surface area contributed by atoms with Crippen molar-refractivity contribution in [3.05, 3.63) is 36.7 Å². The van der Waals surface area contributed by atoms with E-state index in [2.05, 4.69) is 21.9 Å². The van der Waals surface area contributed by atoms with Crippen molar-refractivity contribution in [3.63, 3.8) is 0 Å². The van der Waals surface area contributed by atoms with Crippen molar-refractivity contribution in [3.8, 4) is 5.88 Å². The van der Waals surface area contributed by atoms with Gasteiger partial charge in [-0.3, -0.25) is 9.78 Å². The molecule has 1 aliphatic rings. The van der Waals surface area contributed by atoms with Crippen LogP contribution in [0.15, 0.2) is 9.79 Å². The molecule has 2 aromatic heterocycles. The molecular weight excluding hydrogens is 374 g/mol. The zero-order valence-electron chi connectivity index (χ0n) is 14.4. The van der Waals surface area contributed by atoms with Crippen LogP contribution >= 0.6 is 23.6 Å². The van der Waals surface area contributed by atoms with E-state index in [1.807, 2.05) is 0 Å². The first-order valence-corrected chi connectivity index (χ1v) is 9.54. The third kappa shape index (κ3) is 3.63. The lowest BCUT2D eigenvalue weighted by Gasteiger charge is -2.18. The van der Waals surface area contributed by atoms with Crippen LogP contribution in [0.3, 0.4) is 0 Å². The summed E-state index contributed by atoms with van der Waals surface area (Å²) in [4.78, 5) is 34.7. The average molecular weight is 393 g/mol. The Labute approximate surface area is 158 Å². The predicted molar refractivity (Wildman–Crippen MR) is 103 cm³/mol. The van der Waals surface area contributed by atoms with Gasteiger partial charge in [0.05, 0.1) is 12.2 Å². The van der Waals surface area contributed by atoms with Crippen LogP contribution in [0.2, 0.25) is 0 Å². The number of nitrogens with one attached hydrogen (secondary N) is 2. The smallest absolute Gasteiger partial charge is 0.341 e. The lowest BCUT2D eigenvalue weighted by Crippen LogP contribution is -2.14. The number of H-pyrrole nitrogens is 2. The highest BCUT2D eigenvalue weighted by atomic mass is 32.1. The number of rotatable bonds is 4. The highest BCUT2D eigenvalue weighted by Gasteiger charge is 2.28. The van der Waals surface area contributed by atoms with Crippen LogP contribution in [-0.4, -0.2) is 33.9 Å². The van der Waals surface area contributed by atoms with Crippen LogP contribution < -0.4 is 5.56 Å².